The fourth-order valence-electron chi connectivity index (χ4n) is 2.57. The van der Waals surface area contributed by atoms with E-state index >= 15 is 0 Å². The summed E-state index contributed by atoms with van der Waals surface area (Å²) in [6.07, 6.45) is 0. The third-order valence-electron chi connectivity index (χ3n) is 3.77. The molecule has 2 N–H and O–H groups in total. The van der Waals surface area contributed by atoms with Crippen LogP contribution in [0.2, 0.25) is 0 Å². The molecule has 1 atom stereocenters. The fourth-order valence-corrected chi connectivity index (χ4v) is 2.57. The minimum atomic E-state index is -0.716. The molecule has 0 aliphatic carbocycles. The summed E-state index contributed by atoms with van der Waals surface area (Å²) in [6.45, 7) is 0. The smallest absolute Gasteiger partial charge is 0.293 e. The van der Waals surface area contributed by atoms with Crippen molar-refractivity contribution in [3.05, 3.63) is 71.3 Å². The number of amides is 1. The van der Waals surface area contributed by atoms with Crippen LogP contribution in [0.4, 0.5) is 0 Å². The van der Waals surface area contributed by atoms with Crippen LogP contribution in [0.3, 0.4) is 0 Å². The highest BCUT2D eigenvalue weighted by atomic mass is 16.5. The van der Waals surface area contributed by atoms with Gasteiger partial charge in [-0.2, -0.15) is 0 Å². The van der Waals surface area contributed by atoms with E-state index in [0.717, 1.165) is 5.56 Å². The Morgan fingerprint density at radius 2 is 1.70 bits per heavy atom. The summed E-state index contributed by atoms with van der Waals surface area (Å²) in [5, 5.41) is 13.1. The molecular formula is C18H15NO4. The number of carbonyl (C=O) groups is 2. The molecular weight excluding hydrogens is 294 g/mol. The number of nitrogens with one attached hydrogen (secondary N) is 1. The van der Waals surface area contributed by atoms with Crippen LogP contribution in [0.5, 0.6) is 5.75 Å². The first-order chi connectivity index (χ1) is 11.1. The Kier molecular flexibility index (Phi) is 3.85. The van der Waals surface area contributed by atoms with E-state index in [-0.39, 0.29) is 11.3 Å². The SMILES string of the molecule is COc1ccc(/C(O)=C2/C(=O)C(=O)NC2c2ccccc2)cc1. The number of aliphatic hydroxyl groups excluding tert-OH is 1. The van der Waals surface area contributed by atoms with E-state index in [1.54, 1.807) is 43.5 Å². The molecule has 1 fully saturated rings. The predicted molar refractivity (Wildman–Crippen MR) is 84.9 cm³/mol. The molecule has 3 rings (SSSR count). The number of aliphatic hydroxyl groups is 1. The molecule has 23 heavy (non-hydrogen) atoms. The molecule has 116 valence electrons. The Labute approximate surface area is 133 Å². The Balaban J connectivity index is 2.08. The second-order valence-electron chi connectivity index (χ2n) is 5.14. The Morgan fingerprint density at radius 3 is 2.30 bits per heavy atom. The van der Waals surface area contributed by atoms with E-state index in [4.69, 9.17) is 4.74 Å². The minimum absolute atomic E-state index is 0.0615. The lowest BCUT2D eigenvalue weighted by Gasteiger charge is -2.13. The van der Waals surface area contributed by atoms with Crippen LogP contribution >= 0.6 is 0 Å². The molecule has 5 heteroatoms. The summed E-state index contributed by atoms with van der Waals surface area (Å²) in [5.74, 6) is -0.996. The standard InChI is InChI=1S/C18H15NO4/c1-23-13-9-7-12(8-10-13)16(20)14-15(19-18(22)17(14)21)11-5-3-2-4-6-11/h2-10,15,20H,1H3,(H,19,22)/b16-14-. The van der Waals surface area contributed by atoms with Crippen molar-refractivity contribution in [1.29, 1.82) is 0 Å². The predicted octanol–water partition coefficient (Wildman–Crippen LogP) is 2.40. The first-order valence-electron chi connectivity index (χ1n) is 7.09. The van der Waals surface area contributed by atoms with E-state index in [9.17, 15) is 14.7 Å². The molecule has 0 radical (unpaired) electrons. The van der Waals surface area contributed by atoms with Crippen LogP contribution in [-0.2, 0) is 9.59 Å². The zero-order valence-corrected chi connectivity index (χ0v) is 12.4. The number of ether oxygens (including phenoxy) is 1. The van der Waals surface area contributed by atoms with Crippen molar-refractivity contribution >= 4 is 17.4 Å². The number of hydrogen-bond acceptors (Lipinski definition) is 4. The monoisotopic (exact) mass is 309 g/mol. The molecule has 2 aromatic carbocycles. The molecule has 0 saturated carbocycles. The molecule has 5 nitrogen and oxygen atoms in total. The maximum absolute atomic E-state index is 12.2. The third-order valence-corrected chi connectivity index (χ3v) is 3.77. The number of hydrogen-bond donors (Lipinski definition) is 2. The van der Waals surface area contributed by atoms with Gasteiger partial charge in [0, 0.05) is 5.56 Å². The van der Waals surface area contributed by atoms with Crippen molar-refractivity contribution < 1.29 is 19.4 Å². The van der Waals surface area contributed by atoms with Crippen LogP contribution in [0.25, 0.3) is 5.76 Å². The lowest BCUT2D eigenvalue weighted by Crippen LogP contribution is -2.21. The summed E-state index contributed by atoms with van der Waals surface area (Å²) in [6, 6.07) is 15.0. The number of carbonyl (C=O) groups excluding carboxylic acids is 2. The van der Waals surface area contributed by atoms with Crippen molar-refractivity contribution in [3.63, 3.8) is 0 Å². The number of benzene rings is 2. The largest absolute Gasteiger partial charge is 0.507 e. The van der Waals surface area contributed by atoms with Crippen molar-refractivity contribution in [2.24, 2.45) is 0 Å². The van der Waals surface area contributed by atoms with Gasteiger partial charge in [-0.15, -0.1) is 0 Å². The first-order valence-corrected chi connectivity index (χ1v) is 7.09. The minimum Gasteiger partial charge on any atom is -0.507 e. The zero-order chi connectivity index (χ0) is 16.4. The van der Waals surface area contributed by atoms with Crippen molar-refractivity contribution in [2.45, 2.75) is 6.04 Å². The topological polar surface area (TPSA) is 75.6 Å². The van der Waals surface area contributed by atoms with Gasteiger partial charge in [0.2, 0.25) is 0 Å². The van der Waals surface area contributed by atoms with Gasteiger partial charge < -0.3 is 15.2 Å². The number of Topliss-reactive ketones (excluding diaryl/α,β-unsaturated/α-hetero) is 1. The molecule has 2 aromatic rings. The van der Waals surface area contributed by atoms with Crippen LogP contribution < -0.4 is 10.1 Å². The van der Waals surface area contributed by atoms with Gasteiger partial charge in [0.05, 0.1) is 18.7 Å². The third kappa shape index (κ3) is 2.68. The molecule has 0 bridgehead atoms. The maximum atomic E-state index is 12.2. The Morgan fingerprint density at radius 1 is 1.04 bits per heavy atom. The Bertz CT molecular complexity index is 778. The zero-order valence-electron chi connectivity index (χ0n) is 12.4. The van der Waals surface area contributed by atoms with Crippen LogP contribution in [-0.4, -0.2) is 23.9 Å². The highest BCUT2D eigenvalue weighted by molar-refractivity contribution is 6.46. The van der Waals surface area contributed by atoms with Gasteiger partial charge in [-0.3, -0.25) is 9.59 Å². The fraction of sp³-hybridized carbons (Fsp3) is 0.111. The lowest BCUT2D eigenvalue weighted by atomic mass is 9.96. The van der Waals surface area contributed by atoms with Gasteiger partial charge in [-0.05, 0) is 29.8 Å². The lowest BCUT2D eigenvalue weighted by molar-refractivity contribution is -0.133. The molecule has 1 saturated heterocycles. The molecule has 1 amide bonds. The summed E-state index contributed by atoms with van der Waals surface area (Å²) in [4.78, 5) is 24.0. The molecule has 1 aliphatic rings. The van der Waals surface area contributed by atoms with E-state index in [1.807, 2.05) is 18.2 Å². The summed E-state index contributed by atoms with van der Waals surface area (Å²) < 4.78 is 5.07. The van der Waals surface area contributed by atoms with Gasteiger partial charge in [0.25, 0.3) is 11.7 Å². The van der Waals surface area contributed by atoms with Gasteiger partial charge in [0.15, 0.2) is 0 Å². The second-order valence-corrected chi connectivity index (χ2v) is 5.14. The van der Waals surface area contributed by atoms with Crippen molar-refractivity contribution in [1.82, 2.24) is 5.32 Å². The molecule has 0 spiro atoms. The van der Waals surface area contributed by atoms with Crippen LogP contribution in [0.15, 0.2) is 60.2 Å². The average Bonchev–Trinajstić information content (AvgIpc) is 2.90. The second kappa shape index (κ2) is 5.96. The highest BCUT2D eigenvalue weighted by Gasteiger charge is 2.39. The van der Waals surface area contributed by atoms with Crippen molar-refractivity contribution in [3.8, 4) is 5.75 Å². The summed E-state index contributed by atoms with van der Waals surface area (Å²) in [5.41, 5.74) is 1.25. The molecule has 1 aliphatic heterocycles. The molecule has 0 aromatic heterocycles. The molecule has 1 heterocycles. The Hall–Kier alpha value is -3.08. The average molecular weight is 309 g/mol. The van der Waals surface area contributed by atoms with Gasteiger partial charge >= 0.3 is 0 Å². The number of ketones is 1. The summed E-state index contributed by atoms with van der Waals surface area (Å²) in [7, 11) is 1.54. The highest BCUT2D eigenvalue weighted by Crippen LogP contribution is 2.33. The van der Waals surface area contributed by atoms with E-state index < -0.39 is 17.7 Å². The quantitative estimate of drug-likeness (QED) is 0.518. The number of rotatable bonds is 3. The number of methoxy groups -OCH3 is 1. The van der Waals surface area contributed by atoms with Gasteiger partial charge in [-0.1, -0.05) is 30.3 Å². The molecule has 1 unspecified atom stereocenters. The van der Waals surface area contributed by atoms with E-state index in [2.05, 4.69) is 5.32 Å². The van der Waals surface area contributed by atoms with E-state index in [1.165, 1.54) is 0 Å². The first kappa shape index (κ1) is 14.8. The van der Waals surface area contributed by atoms with Crippen LogP contribution in [0.1, 0.15) is 17.2 Å². The maximum Gasteiger partial charge on any atom is 0.293 e. The normalized spacial score (nSPS) is 19.4. The van der Waals surface area contributed by atoms with Crippen molar-refractivity contribution in [2.75, 3.05) is 7.11 Å². The van der Waals surface area contributed by atoms with Gasteiger partial charge in [-0.25, -0.2) is 0 Å². The van der Waals surface area contributed by atoms with Crippen LogP contribution in [0, 0.1) is 0 Å². The van der Waals surface area contributed by atoms with E-state index in [0.29, 0.717) is 11.3 Å². The van der Waals surface area contributed by atoms with Gasteiger partial charge in [0.1, 0.15) is 11.5 Å². The summed E-state index contributed by atoms with van der Waals surface area (Å²) >= 11 is 0.